The third kappa shape index (κ3) is 11.3. The van der Waals surface area contributed by atoms with Crippen LogP contribution in [-0.4, -0.2) is 105 Å². The molecule has 1 saturated heterocycles. The van der Waals surface area contributed by atoms with Crippen molar-refractivity contribution in [2.75, 3.05) is 56.1 Å². The molecule has 2 N–H and O–H groups in total. The molecular weight excluding hydrogens is 898 g/mol. The van der Waals surface area contributed by atoms with Crippen LogP contribution in [0.4, 0.5) is 29.1 Å². The molecule has 0 amide bonds. The smallest absolute Gasteiger partial charge is 0.380 e. The molecule has 0 aliphatic carbocycles. The predicted octanol–water partition coefficient (Wildman–Crippen LogP) is 8.58. The first-order valence-corrected chi connectivity index (χ1v) is 24.7. The summed E-state index contributed by atoms with van der Waals surface area (Å²) in [5.41, 5.74) is -2.57. The molecule has 1 fully saturated rings. The summed E-state index contributed by atoms with van der Waals surface area (Å²) in [6.07, 6.45) is 3.71. The van der Waals surface area contributed by atoms with Crippen LogP contribution in [0.5, 0.6) is 0 Å². The van der Waals surface area contributed by atoms with Crippen molar-refractivity contribution in [3.63, 3.8) is 0 Å². The molecule has 1 aromatic heterocycles. The molecule has 1 atom stereocenters. The van der Waals surface area contributed by atoms with Gasteiger partial charge in [0, 0.05) is 58.5 Å². The Morgan fingerprint density at radius 2 is 1.65 bits per heavy atom. The van der Waals surface area contributed by atoms with Crippen molar-refractivity contribution < 1.29 is 34.4 Å². The van der Waals surface area contributed by atoms with E-state index in [0.29, 0.717) is 72.7 Å². The SMILES string of the molecule is CN(C)CCC(CSc1ccccc1)Nc1ccc(S(=O)(=O)Nc2ncnc3c2CCN(C2CCN(Cc4c(F)cccc4-c4ccc(Cl)cc4)CC2)C3)cc1S(=O)(=O)C(F)(F)F. The van der Waals surface area contributed by atoms with Crippen molar-refractivity contribution in [1.82, 2.24) is 24.7 Å². The van der Waals surface area contributed by atoms with E-state index in [2.05, 4.69) is 29.8 Å². The van der Waals surface area contributed by atoms with Gasteiger partial charge in [0.1, 0.15) is 22.9 Å². The Morgan fingerprint density at radius 1 is 0.921 bits per heavy atom. The number of fused-ring (bicyclic) bond motifs is 1. The van der Waals surface area contributed by atoms with Gasteiger partial charge in [0.15, 0.2) is 0 Å². The fourth-order valence-electron chi connectivity index (χ4n) is 7.93. The topological polar surface area (TPSA) is 128 Å². The summed E-state index contributed by atoms with van der Waals surface area (Å²) in [6.45, 7) is 3.46. The van der Waals surface area contributed by atoms with Crippen LogP contribution in [0.15, 0.2) is 112 Å². The molecule has 3 heterocycles. The van der Waals surface area contributed by atoms with Gasteiger partial charge in [-0.2, -0.15) is 13.2 Å². The van der Waals surface area contributed by atoms with Crippen LogP contribution in [0.3, 0.4) is 0 Å². The molecule has 7 rings (SSSR count). The Balaban J connectivity index is 1.04. The van der Waals surface area contributed by atoms with Gasteiger partial charge < -0.3 is 10.2 Å². The molecule has 63 heavy (non-hydrogen) atoms. The summed E-state index contributed by atoms with van der Waals surface area (Å²) in [5.74, 6) is 0.0977. The molecule has 0 spiro atoms. The number of piperidine rings is 1. The first-order chi connectivity index (χ1) is 30.0. The standard InChI is InChI=1S/C44H48ClF4N7O4S3/c1-54(2)21-17-32(28-61-34-7-4-3-5-8-34)52-40-16-15-35(25-42(40)62(57,58)44(47,48)49)63(59,60)53-43-37-20-24-56(27-41(37)50-29-51-43)33-18-22-55(23-19-33)26-38-36(9-6-10-39(38)46)30-11-13-31(45)14-12-30/h3-16,25,29,32-33,52H,17-24,26-28H2,1-2H3,(H,50,51,53). The predicted molar refractivity (Wildman–Crippen MR) is 240 cm³/mol. The number of benzene rings is 4. The van der Waals surface area contributed by atoms with Crippen LogP contribution in [0.1, 0.15) is 36.1 Å². The second-order valence-electron chi connectivity index (χ2n) is 15.9. The zero-order valence-electron chi connectivity index (χ0n) is 34.7. The highest BCUT2D eigenvalue weighted by Crippen LogP contribution is 2.38. The molecule has 0 radical (unpaired) electrons. The van der Waals surface area contributed by atoms with Gasteiger partial charge in [-0.05, 0) is 119 Å². The van der Waals surface area contributed by atoms with Gasteiger partial charge in [0.2, 0.25) is 0 Å². The quantitative estimate of drug-likeness (QED) is 0.0730. The number of likely N-dealkylation sites (tertiary alicyclic amines) is 1. The van der Waals surface area contributed by atoms with Crippen LogP contribution >= 0.6 is 23.4 Å². The lowest BCUT2D eigenvalue weighted by Gasteiger charge is -2.40. The maximum absolute atomic E-state index is 15.2. The minimum Gasteiger partial charge on any atom is -0.380 e. The molecule has 11 nitrogen and oxygen atoms in total. The number of sulfone groups is 1. The number of nitrogens with one attached hydrogen (secondary N) is 2. The lowest BCUT2D eigenvalue weighted by atomic mass is 9.96. The van der Waals surface area contributed by atoms with E-state index in [0.717, 1.165) is 54.1 Å². The number of alkyl halides is 3. The van der Waals surface area contributed by atoms with Crippen molar-refractivity contribution in [2.24, 2.45) is 0 Å². The van der Waals surface area contributed by atoms with E-state index >= 15 is 4.39 Å². The summed E-state index contributed by atoms with van der Waals surface area (Å²) in [7, 11) is -6.95. The van der Waals surface area contributed by atoms with Crippen molar-refractivity contribution in [2.45, 2.75) is 71.1 Å². The van der Waals surface area contributed by atoms with Gasteiger partial charge in [-0.1, -0.05) is 54.1 Å². The number of rotatable bonds is 16. The average molecular weight is 947 g/mol. The molecule has 2 aliphatic rings. The Labute approximate surface area is 375 Å². The molecule has 19 heteroatoms. The fourth-order valence-corrected chi connectivity index (χ4v) is 11.1. The second-order valence-corrected chi connectivity index (χ2v) is 21.0. The third-order valence-electron chi connectivity index (χ3n) is 11.3. The highest BCUT2D eigenvalue weighted by atomic mass is 35.5. The zero-order chi connectivity index (χ0) is 44.9. The number of hydrogen-bond donors (Lipinski definition) is 2. The summed E-state index contributed by atoms with van der Waals surface area (Å²) >= 11 is 7.55. The van der Waals surface area contributed by atoms with Crippen LogP contribution in [0.2, 0.25) is 5.02 Å². The maximum atomic E-state index is 15.2. The van der Waals surface area contributed by atoms with Gasteiger partial charge in [-0.25, -0.2) is 31.2 Å². The largest absolute Gasteiger partial charge is 0.501 e. The van der Waals surface area contributed by atoms with Crippen molar-refractivity contribution in [3.05, 3.63) is 125 Å². The molecule has 0 saturated carbocycles. The van der Waals surface area contributed by atoms with Gasteiger partial charge >= 0.3 is 5.51 Å². The average Bonchev–Trinajstić information content (AvgIpc) is 3.25. The molecule has 1 unspecified atom stereocenters. The van der Waals surface area contributed by atoms with Crippen molar-refractivity contribution >= 4 is 54.7 Å². The normalized spacial score (nSPS) is 16.2. The lowest BCUT2D eigenvalue weighted by molar-refractivity contribution is -0.0435. The lowest BCUT2D eigenvalue weighted by Crippen LogP contribution is -2.46. The number of halogens is 5. The van der Waals surface area contributed by atoms with E-state index in [1.807, 2.05) is 67.5 Å². The first kappa shape index (κ1) is 46.7. The van der Waals surface area contributed by atoms with E-state index < -0.39 is 41.2 Å². The minimum absolute atomic E-state index is 0.0278. The Hall–Kier alpha value is -4.30. The summed E-state index contributed by atoms with van der Waals surface area (Å²) in [5, 5.41) is 3.59. The summed E-state index contributed by atoms with van der Waals surface area (Å²) in [4.78, 5) is 14.1. The molecule has 4 aromatic carbocycles. The highest BCUT2D eigenvalue weighted by molar-refractivity contribution is 7.99. The van der Waals surface area contributed by atoms with Crippen LogP contribution in [-0.2, 0) is 39.4 Å². The number of aromatic nitrogens is 2. The zero-order valence-corrected chi connectivity index (χ0v) is 37.9. The van der Waals surface area contributed by atoms with Crippen molar-refractivity contribution in [3.8, 4) is 11.1 Å². The van der Waals surface area contributed by atoms with E-state index in [1.165, 1.54) is 24.2 Å². The summed E-state index contributed by atoms with van der Waals surface area (Å²) in [6, 6.07) is 24.2. The van der Waals surface area contributed by atoms with Crippen LogP contribution in [0.25, 0.3) is 11.1 Å². The monoisotopic (exact) mass is 945 g/mol. The van der Waals surface area contributed by atoms with E-state index in [1.54, 1.807) is 18.2 Å². The van der Waals surface area contributed by atoms with Crippen LogP contribution < -0.4 is 10.0 Å². The highest BCUT2D eigenvalue weighted by Gasteiger charge is 2.48. The summed E-state index contributed by atoms with van der Waals surface area (Å²) < 4.78 is 114. The van der Waals surface area contributed by atoms with Gasteiger partial charge in [0.05, 0.1) is 16.3 Å². The fraction of sp³-hybridized carbons (Fsp3) is 0.364. The number of nitrogens with zero attached hydrogens (tertiary/aromatic N) is 5. The number of sulfonamides is 1. The number of anilines is 2. The molecule has 2 aliphatic heterocycles. The minimum atomic E-state index is -6.00. The van der Waals surface area contributed by atoms with E-state index in [9.17, 15) is 30.0 Å². The van der Waals surface area contributed by atoms with Crippen LogP contribution in [0, 0.1) is 5.82 Å². The van der Waals surface area contributed by atoms with E-state index in [4.69, 9.17) is 11.6 Å². The van der Waals surface area contributed by atoms with E-state index in [-0.39, 0.29) is 23.4 Å². The third-order valence-corrected chi connectivity index (χ3v) is 15.6. The Morgan fingerprint density at radius 3 is 2.35 bits per heavy atom. The number of thioether (sulfide) groups is 1. The number of hydrogen-bond acceptors (Lipinski definition) is 11. The van der Waals surface area contributed by atoms with Gasteiger partial charge in [-0.3, -0.25) is 14.5 Å². The molecular formula is C44H48ClF4N7O4S3. The molecule has 5 aromatic rings. The van der Waals surface area contributed by atoms with Gasteiger partial charge in [0.25, 0.3) is 19.9 Å². The second kappa shape index (κ2) is 19.8. The van der Waals surface area contributed by atoms with Gasteiger partial charge in [-0.15, -0.1) is 11.8 Å². The Bertz CT molecular complexity index is 2600. The maximum Gasteiger partial charge on any atom is 0.501 e. The first-order valence-electron chi connectivity index (χ1n) is 20.4. The van der Waals surface area contributed by atoms with Crippen molar-refractivity contribution in [1.29, 1.82) is 0 Å². The molecule has 336 valence electrons. The Kier molecular flexibility index (Phi) is 14.7. The molecule has 0 bridgehead atoms.